The third-order valence-corrected chi connectivity index (χ3v) is 9.16. The van der Waals surface area contributed by atoms with Crippen molar-refractivity contribution in [3.05, 3.63) is 17.2 Å². The number of carbonyl (C=O) groups excluding carboxylic acids is 4. The van der Waals surface area contributed by atoms with Gasteiger partial charge in [0.15, 0.2) is 0 Å². The SMILES string of the molecule is CC(=C[C@H](C(C)C)N(C)C(=O)[C@@H](NC(=O)C1CCCCN1C(C)C)C(C)(C)C)C(=O)N1CCC[C@H]1C(=O)Nc1nncs1. The Hall–Kier alpha value is -2.86. The Balaban J connectivity index is 1.77. The van der Waals surface area contributed by atoms with Gasteiger partial charge in [-0.1, -0.05) is 58.5 Å². The van der Waals surface area contributed by atoms with Crippen LogP contribution in [-0.4, -0.2) is 98.9 Å². The van der Waals surface area contributed by atoms with E-state index in [1.54, 1.807) is 23.8 Å². The van der Waals surface area contributed by atoms with Crippen molar-refractivity contribution < 1.29 is 19.2 Å². The van der Waals surface area contributed by atoms with Crippen LogP contribution in [0.15, 0.2) is 17.2 Å². The third kappa shape index (κ3) is 8.62. The van der Waals surface area contributed by atoms with Gasteiger partial charge < -0.3 is 15.1 Å². The topological polar surface area (TPSA) is 128 Å². The molecule has 11 nitrogen and oxygen atoms in total. The molecule has 3 rings (SSSR count). The van der Waals surface area contributed by atoms with Crippen molar-refractivity contribution >= 4 is 40.1 Å². The van der Waals surface area contributed by atoms with E-state index in [4.69, 9.17) is 0 Å². The first-order chi connectivity index (χ1) is 20.1. The van der Waals surface area contributed by atoms with Gasteiger partial charge in [0.2, 0.25) is 28.8 Å². The fourth-order valence-corrected chi connectivity index (χ4v) is 6.54. The summed E-state index contributed by atoms with van der Waals surface area (Å²) in [5.41, 5.74) is 1.48. The summed E-state index contributed by atoms with van der Waals surface area (Å²) in [7, 11) is 1.74. The Bertz CT molecular complexity index is 1160. The van der Waals surface area contributed by atoms with E-state index in [1.807, 2.05) is 40.7 Å². The Morgan fingerprint density at radius 2 is 1.70 bits per heavy atom. The highest BCUT2D eigenvalue weighted by atomic mass is 32.1. The molecule has 4 atom stereocenters. The molecule has 0 saturated carbocycles. The molecule has 2 N–H and O–H groups in total. The minimum Gasteiger partial charge on any atom is -0.342 e. The zero-order chi connectivity index (χ0) is 32.1. The van der Waals surface area contributed by atoms with Gasteiger partial charge in [-0.15, -0.1) is 10.2 Å². The number of amides is 4. The summed E-state index contributed by atoms with van der Waals surface area (Å²) in [6, 6.07) is -1.74. The minimum atomic E-state index is -0.737. The van der Waals surface area contributed by atoms with Crippen LogP contribution in [-0.2, 0) is 19.2 Å². The van der Waals surface area contributed by atoms with Gasteiger partial charge in [-0.25, -0.2) is 0 Å². The molecule has 4 amide bonds. The lowest BCUT2D eigenvalue weighted by atomic mass is 9.84. The van der Waals surface area contributed by atoms with Crippen molar-refractivity contribution in [3.63, 3.8) is 0 Å². The van der Waals surface area contributed by atoms with Crippen LogP contribution in [0.4, 0.5) is 5.13 Å². The number of nitrogens with one attached hydrogen (secondary N) is 2. The smallest absolute Gasteiger partial charge is 0.249 e. The number of rotatable bonds is 10. The fraction of sp³-hybridized carbons (Fsp3) is 0.742. The van der Waals surface area contributed by atoms with Gasteiger partial charge in [-0.05, 0) is 64.3 Å². The van der Waals surface area contributed by atoms with Crippen molar-refractivity contribution in [2.24, 2.45) is 11.3 Å². The zero-order valence-electron chi connectivity index (χ0n) is 27.3. The number of anilines is 1. The molecule has 3 heterocycles. The highest BCUT2D eigenvalue weighted by Gasteiger charge is 2.40. The molecule has 0 aliphatic carbocycles. The number of likely N-dealkylation sites (N-methyl/N-ethyl adjacent to an activating group) is 1. The second-order valence-electron chi connectivity index (χ2n) is 13.6. The van der Waals surface area contributed by atoms with Gasteiger partial charge in [0, 0.05) is 25.2 Å². The molecule has 1 aromatic heterocycles. The summed E-state index contributed by atoms with van der Waals surface area (Å²) in [5.74, 6) is -0.810. The first-order valence-electron chi connectivity index (χ1n) is 15.5. The zero-order valence-corrected chi connectivity index (χ0v) is 28.2. The van der Waals surface area contributed by atoms with E-state index in [0.29, 0.717) is 23.7 Å². The molecule has 0 spiro atoms. The maximum atomic E-state index is 14.1. The Morgan fingerprint density at radius 3 is 2.28 bits per heavy atom. The van der Waals surface area contributed by atoms with Gasteiger partial charge in [-0.2, -0.15) is 0 Å². The quantitative estimate of drug-likeness (QED) is 0.384. The number of carbonyl (C=O) groups is 4. The van der Waals surface area contributed by atoms with Gasteiger partial charge in [0.25, 0.3) is 0 Å². The van der Waals surface area contributed by atoms with E-state index >= 15 is 0 Å². The van der Waals surface area contributed by atoms with Crippen LogP contribution in [0, 0.1) is 11.3 Å². The van der Waals surface area contributed by atoms with Crippen LogP contribution >= 0.6 is 11.3 Å². The number of hydrogen-bond donors (Lipinski definition) is 2. The molecule has 2 aliphatic heterocycles. The molecule has 1 unspecified atom stereocenters. The van der Waals surface area contributed by atoms with E-state index in [0.717, 1.165) is 32.2 Å². The first kappa shape index (κ1) is 34.6. The summed E-state index contributed by atoms with van der Waals surface area (Å²) in [6.07, 6.45) is 5.95. The summed E-state index contributed by atoms with van der Waals surface area (Å²) < 4.78 is 0. The average Bonchev–Trinajstić information content (AvgIpc) is 3.65. The molecule has 0 aromatic carbocycles. The van der Waals surface area contributed by atoms with Gasteiger partial charge >= 0.3 is 0 Å². The van der Waals surface area contributed by atoms with Crippen molar-refractivity contribution in [3.8, 4) is 0 Å². The van der Waals surface area contributed by atoms with Crippen molar-refractivity contribution in [1.82, 2.24) is 30.2 Å². The lowest BCUT2D eigenvalue weighted by molar-refractivity contribution is -0.142. The number of piperidine rings is 1. The molecule has 0 bridgehead atoms. The first-order valence-corrected chi connectivity index (χ1v) is 16.4. The Morgan fingerprint density at radius 1 is 1.02 bits per heavy atom. The molecule has 240 valence electrons. The maximum absolute atomic E-state index is 14.1. The van der Waals surface area contributed by atoms with E-state index in [9.17, 15) is 19.2 Å². The van der Waals surface area contributed by atoms with Crippen LogP contribution in [0.2, 0.25) is 0 Å². The fourth-order valence-electron chi connectivity index (χ4n) is 6.10. The van der Waals surface area contributed by atoms with E-state index in [-0.39, 0.29) is 41.6 Å². The van der Waals surface area contributed by atoms with Crippen LogP contribution in [0.25, 0.3) is 0 Å². The molecule has 12 heteroatoms. The number of aromatic nitrogens is 2. The highest BCUT2D eigenvalue weighted by Crippen LogP contribution is 2.27. The second kappa shape index (κ2) is 14.7. The van der Waals surface area contributed by atoms with Crippen molar-refractivity contribution in [2.75, 3.05) is 25.5 Å². The molecule has 2 fully saturated rings. The average molecular weight is 618 g/mol. The van der Waals surface area contributed by atoms with Crippen LogP contribution < -0.4 is 10.6 Å². The minimum absolute atomic E-state index is 0.00197. The number of likely N-dealkylation sites (tertiary alicyclic amines) is 2. The van der Waals surface area contributed by atoms with E-state index in [2.05, 4.69) is 39.6 Å². The molecular formula is C31H51N7O4S. The second-order valence-corrected chi connectivity index (χ2v) is 14.4. The standard InChI is InChI=1S/C31H51N7O4S/c1-19(2)24(17-21(5)28(41)38-16-12-14-23(38)27(40)34-30-35-32-18-43-30)36(9)29(42)25(31(6,7)8)33-26(39)22-13-10-11-15-37(22)20(3)4/h17-20,22-25H,10-16H2,1-9H3,(H,33,39)(H,34,35,40)/t22?,23-,24+,25+/m0/s1. The normalized spacial score (nSPS) is 21.6. The third-order valence-electron chi connectivity index (χ3n) is 8.55. The number of nitrogens with zero attached hydrogens (tertiary/aromatic N) is 5. The summed E-state index contributed by atoms with van der Waals surface area (Å²) in [5, 5.41) is 13.9. The molecular weight excluding hydrogens is 566 g/mol. The number of hydrogen-bond acceptors (Lipinski definition) is 8. The molecule has 2 saturated heterocycles. The highest BCUT2D eigenvalue weighted by molar-refractivity contribution is 7.13. The largest absolute Gasteiger partial charge is 0.342 e. The predicted molar refractivity (Wildman–Crippen MR) is 169 cm³/mol. The maximum Gasteiger partial charge on any atom is 0.249 e. The Labute approximate surface area is 260 Å². The summed E-state index contributed by atoms with van der Waals surface area (Å²) in [4.78, 5) is 59.7. The summed E-state index contributed by atoms with van der Waals surface area (Å²) in [6.45, 7) is 17.2. The molecule has 2 aliphatic rings. The predicted octanol–water partition coefficient (Wildman–Crippen LogP) is 3.69. The lowest BCUT2D eigenvalue weighted by Gasteiger charge is -2.41. The van der Waals surface area contributed by atoms with Gasteiger partial charge in [-0.3, -0.25) is 29.4 Å². The molecule has 1 aromatic rings. The van der Waals surface area contributed by atoms with E-state index < -0.39 is 23.5 Å². The van der Waals surface area contributed by atoms with Crippen LogP contribution in [0.1, 0.15) is 87.5 Å². The van der Waals surface area contributed by atoms with Crippen LogP contribution in [0.5, 0.6) is 0 Å². The molecule has 0 radical (unpaired) electrons. The lowest BCUT2D eigenvalue weighted by Crippen LogP contribution is -2.60. The van der Waals surface area contributed by atoms with Crippen molar-refractivity contribution in [2.45, 2.75) is 118 Å². The molecule has 43 heavy (non-hydrogen) atoms. The van der Waals surface area contributed by atoms with Crippen molar-refractivity contribution in [1.29, 1.82) is 0 Å². The van der Waals surface area contributed by atoms with E-state index in [1.165, 1.54) is 16.8 Å². The van der Waals surface area contributed by atoms with Gasteiger partial charge in [0.1, 0.15) is 17.6 Å². The Kier molecular flexibility index (Phi) is 11.9. The van der Waals surface area contributed by atoms with Gasteiger partial charge in [0.05, 0.1) is 12.1 Å². The monoisotopic (exact) mass is 617 g/mol. The van der Waals surface area contributed by atoms with Crippen LogP contribution in [0.3, 0.4) is 0 Å². The summed E-state index contributed by atoms with van der Waals surface area (Å²) >= 11 is 1.23.